The van der Waals surface area contributed by atoms with Gasteiger partial charge in [0.1, 0.15) is 5.82 Å². The van der Waals surface area contributed by atoms with Gasteiger partial charge < -0.3 is 29.7 Å². The van der Waals surface area contributed by atoms with Crippen LogP contribution in [0.4, 0.5) is 16.3 Å². The van der Waals surface area contributed by atoms with Crippen molar-refractivity contribution in [2.24, 2.45) is 0 Å². The van der Waals surface area contributed by atoms with Crippen LogP contribution in [0.1, 0.15) is 30.7 Å². The van der Waals surface area contributed by atoms with Crippen LogP contribution in [0.2, 0.25) is 0 Å². The van der Waals surface area contributed by atoms with Crippen molar-refractivity contribution in [2.45, 2.75) is 45.6 Å². The number of carbonyl (C=O) groups is 1. The van der Waals surface area contributed by atoms with E-state index in [4.69, 9.17) is 24.2 Å². The van der Waals surface area contributed by atoms with Gasteiger partial charge in [-0.2, -0.15) is 0 Å². The number of amides is 2. The van der Waals surface area contributed by atoms with E-state index in [1.54, 1.807) is 0 Å². The van der Waals surface area contributed by atoms with Crippen LogP contribution in [-0.2, 0) is 33.8 Å². The Morgan fingerprint density at radius 1 is 1.13 bits per heavy atom. The smallest absolute Gasteiger partial charge is 0.319 e. The minimum atomic E-state index is -0.227. The van der Waals surface area contributed by atoms with E-state index in [0.29, 0.717) is 57.5 Å². The largest absolute Gasteiger partial charge is 0.377 e. The molecule has 2 aromatic carbocycles. The summed E-state index contributed by atoms with van der Waals surface area (Å²) in [5.74, 6) is 1.57. The maximum atomic E-state index is 11.9. The average Bonchev–Trinajstić information content (AvgIpc) is 2.94. The highest BCUT2D eigenvalue weighted by molar-refractivity contribution is 5.89. The second kappa shape index (κ2) is 12.3. The van der Waals surface area contributed by atoms with Gasteiger partial charge in [-0.15, -0.1) is 0 Å². The maximum absolute atomic E-state index is 11.9. The summed E-state index contributed by atoms with van der Waals surface area (Å²) in [6.07, 6.45) is 0.579. The van der Waals surface area contributed by atoms with Crippen LogP contribution in [0.5, 0.6) is 0 Å². The third-order valence-electron chi connectivity index (χ3n) is 6.75. The highest BCUT2D eigenvalue weighted by atomic mass is 16.5. The topological polar surface area (TPSA) is 97.8 Å². The van der Waals surface area contributed by atoms with Gasteiger partial charge in [-0.05, 0) is 43.7 Å². The molecule has 3 heterocycles. The van der Waals surface area contributed by atoms with E-state index in [9.17, 15) is 4.79 Å². The molecule has 0 radical (unpaired) electrons. The molecule has 2 atom stereocenters. The number of hydrogen-bond acceptors (Lipinski definition) is 7. The van der Waals surface area contributed by atoms with Crippen LogP contribution in [-0.4, -0.2) is 61.1 Å². The van der Waals surface area contributed by atoms with E-state index in [0.717, 1.165) is 34.7 Å². The molecule has 9 heteroatoms. The Morgan fingerprint density at radius 2 is 1.95 bits per heavy atom. The minimum absolute atomic E-state index is 0.0763. The zero-order valence-corrected chi connectivity index (χ0v) is 22.0. The van der Waals surface area contributed by atoms with Gasteiger partial charge in [0.05, 0.1) is 50.9 Å². The normalized spacial score (nSPS) is 19.1. The van der Waals surface area contributed by atoms with Crippen molar-refractivity contribution in [3.63, 3.8) is 0 Å². The number of morpholine rings is 1. The summed E-state index contributed by atoms with van der Waals surface area (Å²) in [6.45, 7) is 8.19. The van der Waals surface area contributed by atoms with E-state index in [2.05, 4.69) is 34.6 Å². The minimum Gasteiger partial charge on any atom is -0.377 e. The number of rotatable bonds is 8. The molecule has 1 aromatic heterocycles. The molecule has 2 aliphatic heterocycles. The predicted octanol–water partition coefficient (Wildman–Crippen LogP) is 4.17. The van der Waals surface area contributed by atoms with Gasteiger partial charge in [-0.25, -0.2) is 14.8 Å². The number of benzene rings is 2. The molecule has 200 valence electrons. The molecule has 1 fully saturated rings. The Kier molecular flexibility index (Phi) is 8.47. The number of urea groups is 1. The molecule has 3 aromatic rings. The molecule has 0 spiro atoms. The number of fused-ring (bicyclic) bond motifs is 1. The van der Waals surface area contributed by atoms with Crippen LogP contribution >= 0.6 is 0 Å². The van der Waals surface area contributed by atoms with E-state index >= 15 is 0 Å². The molecule has 0 aliphatic carbocycles. The highest BCUT2D eigenvalue weighted by Gasteiger charge is 2.30. The number of ether oxygens (including phenoxy) is 3. The van der Waals surface area contributed by atoms with Crippen LogP contribution in [0.25, 0.3) is 11.4 Å². The monoisotopic (exact) mass is 517 g/mol. The van der Waals surface area contributed by atoms with Crippen LogP contribution in [0.15, 0.2) is 54.6 Å². The van der Waals surface area contributed by atoms with Crippen molar-refractivity contribution in [1.82, 2.24) is 15.3 Å². The fraction of sp³-hybridized carbons (Fsp3) is 0.414. The zero-order valence-electron chi connectivity index (χ0n) is 22.0. The van der Waals surface area contributed by atoms with Crippen LogP contribution in [0.3, 0.4) is 0 Å². The first kappa shape index (κ1) is 26.1. The third kappa shape index (κ3) is 6.30. The first-order valence-corrected chi connectivity index (χ1v) is 13.2. The summed E-state index contributed by atoms with van der Waals surface area (Å²) in [6, 6.07) is 17.7. The quantitative estimate of drug-likeness (QED) is 0.463. The summed E-state index contributed by atoms with van der Waals surface area (Å²) in [4.78, 5) is 24.2. The Labute approximate surface area is 223 Å². The second-order valence-electron chi connectivity index (χ2n) is 9.61. The van der Waals surface area contributed by atoms with E-state index in [-0.39, 0.29) is 18.2 Å². The average molecular weight is 518 g/mol. The Bertz CT molecular complexity index is 1220. The number of anilines is 2. The standard InChI is InChI=1S/C29H35N5O4/c1-3-30-29(35)31-23-11-9-22(10-12-23)27-32-26-15-24(18-37-17-21-7-5-4-6-8-21)38-19-25(26)28(33-27)34-13-14-36-16-20(34)2/h4-12,20,24H,3,13-19H2,1-2H3,(H2,30,31,35). The molecule has 1 saturated heterocycles. The molecule has 2 unspecified atom stereocenters. The molecule has 5 rings (SSSR count). The molecule has 2 aliphatic rings. The highest BCUT2D eigenvalue weighted by Crippen LogP contribution is 2.32. The van der Waals surface area contributed by atoms with Gasteiger partial charge in [0.25, 0.3) is 0 Å². The first-order valence-electron chi connectivity index (χ1n) is 13.2. The third-order valence-corrected chi connectivity index (χ3v) is 6.75. The molecular weight excluding hydrogens is 482 g/mol. The lowest BCUT2D eigenvalue weighted by atomic mass is 10.0. The number of nitrogens with one attached hydrogen (secondary N) is 2. The molecule has 38 heavy (non-hydrogen) atoms. The number of carbonyl (C=O) groups excluding carboxylic acids is 1. The van der Waals surface area contributed by atoms with Gasteiger partial charge in [0.15, 0.2) is 5.82 Å². The number of hydrogen-bond donors (Lipinski definition) is 2. The lowest BCUT2D eigenvalue weighted by molar-refractivity contribution is -0.0377. The van der Waals surface area contributed by atoms with Crippen molar-refractivity contribution in [3.05, 3.63) is 71.4 Å². The van der Waals surface area contributed by atoms with Crippen molar-refractivity contribution >= 4 is 17.5 Å². The summed E-state index contributed by atoms with van der Waals surface area (Å²) in [5, 5.41) is 5.57. The van der Waals surface area contributed by atoms with Crippen molar-refractivity contribution in [3.8, 4) is 11.4 Å². The summed E-state index contributed by atoms with van der Waals surface area (Å²) in [7, 11) is 0. The van der Waals surface area contributed by atoms with E-state index in [1.807, 2.05) is 49.4 Å². The predicted molar refractivity (Wildman–Crippen MR) is 146 cm³/mol. The molecular formula is C29H35N5O4. The van der Waals surface area contributed by atoms with E-state index in [1.165, 1.54) is 0 Å². The molecule has 2 amide bonds. The maximum Gasteiger partial charge on any atom is 0.319 e. The molecule has 2 N–H and O–H groups in total. The van der Waals surface area contributed by atoms with Crippen molar-refractivity contribution in [2.75, 3.05) is 43.1 Å². The Balaban J connectivity index is 1.37. The zero-order chi connectivity index (χ0) is 26.3. The molecule has 9 nitrogen and oxygen atoms in total. The molecule has 0 saturated carbocycles. The summed E-state index contributed by atoms with van der Waals surface area (Å²) in [5.41, 5.74) is 4.77. The fourth-order valence-electron chi connectivity index (χ4n) is 4.75. The second-order valence-corrected chi connectivity index (χ2v) is 9.61. The summed E-state index contributed by atoms with van der Waals surface area (Å²) < 4.78 is 17.9. The lowest BCUT2D eigenvalue weighted by Gasteiger charge is -2.37. The van der Waals surface area contributed by atoms with Gasteiger partial charge in [0, 0.05) is 36.3 Å². The first-order chi connectivity index (χ1) is 18.6. The van der Waals surface area contributed by atoms with E-state index < -0.39 is 0 Å². The summed E-state index contributed by atoms with van der Waals surface area (Å²) >= 11 is 0. The van der Waals surface area contributed by atoms with Gasteiger partial charge in [-0.1, -0.05) is 30.3 Å². The Hall–Kier alpha value is -3.53. The van der Waals surface area contributed by atoms with Gasteiger partial charge >= 0.3 is 6.03 Å². The number of aromatic nitrogens is 2. The Morgan fingerprint density at radius 3 is 2.71 bits per heavy atom. The van der Waals surface area contributed by atoms with Gasteiger partial charge in [-0.3, -0.25) is 0 Å². The van der Waals surface area contributed by atoms with Crippen molar-refractivity contribution < 1.29 is 19.0 Å². The van der Waals surface area contributed by atoms with Gasteiger partial charge in [0.2, 0.25) is 0 Å². The van der Waals surface area contributed by atoms with Crippen LogP contribution < -0.4 is 15.5 Å². The number of nitrogens with zero attached hydrogens (tertiary/aromatic N) is 3. The molecule has 0 bridgehead atoms. The lowest BCUT2D eigenvalue weighted by Crippen LogP contribution is -2.45. The van der Waals surface area contributed by atoms with Crippen molar-refractivity contribution in [1.29, 1.82) is 0 Å². The van der Waals surface area contributed by atoms with Crippen LogP contribution in [0, 0.1) is 0 Å². The SMILES string of the molecule is CCNC(=O)Nc1ccc(-c2nc3c(c(N4CCOCC4C)n2)COC(COCc2ccccc2)C3)cc1. The fourth-order valence-corrected chi connectivity index (χ4v) is 4.75.